The largest absolute Gasteiger partial charge is 0.138 e. The van der Waals surface area contributed by atoms with Gasteiger partial charge in [0, 0.05) is 5.75 Å². The Labute approximate surface area is 102 Å². The summed E-state index contributed by atoms with van der Waals surface area (Å²) < 4.78 is 0. The molecule has 0 spiro atoms. The molecule has 2 heteroatoms. The van der Waals surface area contributed by atoms with Crippen molar-refractivity contribution in [2.45, 2.75) is 6.92 Å². The van der Waals surface area contributed by atoms with Gasteiger partial charge in [0.05, 0.1) is 0 Å². The fraction of sp³-hybridized carbons (Fsp3) is 0.231. The molecule has 15 heavy (non-hydrogen) atoms. The molecule has 0 unspecified atom stereocenters. The van der Waals surface area contributed by atoms with Gasteiger partial charge in [-0.2, -0.15) is 0 Å². The van der Waals surface area contributed by atoms with Crippen LogP contribution in [0.5, 0.6) is 0 Å². The molecule has 0 aromatic rings. The van der Waals surface area contributed by atoms with Crippen LogP contribution in [0.2, 0.25) is 0 Å². The second-order valence-corrected chi connectivity index (χ2v) is 4.25. The Kier molecular flexibility index (Phi) is 12.9. The van der Waals surface area contributed by atoms with Gasteiger partial charge in [-0.15, -0.1) is 23.5 Å². The predicted octanol–water partition coefficient (Wildman–Crippen LogP) is 4.80. The van der Waals surface area contributed by atoms with Crippen LogP contribution in [0.1, 0.15) is 6.92 Å². The normalized spacial score (nSPS) is 13.5. The molecule has 0 aliphatic heterocycles. The van der Waals surface area contributed by atoms with Crippen molar-refractivity contribution in [1.82, 2.24) is 0 Å². The highest BCUT2D eigenvalue weighted by atomic mass is 32.2. The smallest absolute Gasteiger partial charge is 0.0157 e. The van der Waals surface area contributed by atoms with E-state index in [0.717, 1.165) is 5.75 Å². The Bertz CT molecular complexity index is 258. The highest BCUT2D eigenvalue weighted by Gasteiger charge is 1.73. The molecule has 0 bridgehead atoms. The van der Waals surface area contributed by atoms with E-state index in [1.165, 1.54) is 0 Å². The summed E-state index contributed by atoms with van der Waals surface area (Å²) in [4.78, 5) is 0. The third kappa shape index (κ3) is 13.4. The third-order valence-electron chi connectivity index (χ3n) is 1.35. The fourth-order valence-electron chi connectivity index (χ4n) is 0.709. The van der Waals surface area contributed by atoms with Gasteiger partial charge >= 0.3 is 0 Å². The number of rotatable bonds is 7. The van der Waals surface area contributed by atoms with Crippen LogP contribution in [0.3, 0.4) is 0 Å². The van der Waals surface area contributed by atoms with Crippen molar-refractivity contribution in [3.63, 3.8) is 0 Å². The molecule has 0 radical (unpaired) electrons. The highest BCUT2D eigenvalue weighted by Crippen LogP contribution is 2.03. The van der Waals surface area contributed by atoms with Crippen molar-refractivity contribution in [1.29, 1.82) is 0 Å². The first-order valence-electron chi connectivity index (χ1n) is 4.82. The van der Waals surface area contributed by atoms with Crippen molar-refractivity contribution in [3.05, 3.63) is 59.4 Å². The molecule has 0 aliphatic rings. The Morgan fingerprint density at radius 2 is 1.60 bits per heavy atom. The maximum absolute atomic E-state index is 2.15. The van der Waals surface area contributed by atoms with Crippen molar-refractivity contribution < 1.29 is 0 Å². The summed E-state index contributed by atoms with van der Waals surface area (Å²) in [7, 11) is 0. The van der Waals surface area contributed by atoms with E-state index in [4.69, 9.17) is 0 Å². The zero-order valence-electron chi connectivity index (χ0n) is 9.30. The van der Waals surface area contributed by atoms with Gasteiger partial charge in [0.1, 0.15) is 0 Å². The van der Waals surface area contributed by atoms with E-state index in [1.54, 1.807) is 23.5 Å². The van der Waals surface area contributed by atoms with Gasteiger partial charge < -0.3 is 0 Å². The lowest BCUT2D eigenvalue weighted by atomic mass is 10.4. The van der Waals surface area contributed by atoms with Crippen LogP contribution in [-0.4, -0.2) is 12.0 Å². The van der Waals surface area contributed by atoms with Crippen LogP contribution >= 0.6 is 23.5 Å². The molecule has 0 rings (SSSR count). The number of thioether (sulfide) groups is 2. The molecule has 0 saturated heterocycles. The second kappa shape index (κ2) is 13.4. The summed E-state index contributed by atoms with van der Waals surface area (Å²) in [6.07, 6.45) is 18.5. The zero-order valence-corrected chi connectivity index (χ0v) is 10.9. The molecular weight excluding hydrogens is 220 g/mol. The molecule has 0 heterocycles. The van der Waals surface area contributed by atoms with Gasteiger partial charge in [0.25, 0.3) is 0 Å². The molecule has 0 aromatic carbocycles. The van der Waals surface area contributed by atoms with Gasteiger partial charge in [-0.05, 0) is 24.0 Å². The van der Waals surface area contributed by atoms with E-state index in [-0.39, 0.29) is 0 Å². The molecule has 0 saturated carbocycles. The SMILES string of the molecule is C\C=C/C=C\C=C\CS/C=C/C=C\SC. The van der Waals surface area contributed by atoms with Gasteiger partial charge in [-0.1, -0.05) is 48.6 Å². The van der Waals surface area contributed by atoms with E-state index in [1.807, 2.05) is 37.3 Å². The van der Waals surface area contributed by atoms with Crippen molar-refractivity contribution in [3.8, 4) is 0 Å². The van der Waals surface area contributed by atoms with E-state index in [9.17, 15) is 0 Å². The standard InChI is InChI=1S/C13H18S2/c1-3-4-5-6-7-8-12-15-13-10-9-11-14-2/h3-11,13H,12H2,1-2H3/b4-3-,6-5-,8-7+,11-9-,13-10+. The Morgan fingerprint density at radius 3 is 2.33 bits per heavy atom. The van der Waals surface area contributed by atoms with Crippen LogP contribution in [0.15, 0.2) is 59.4 Å². The van der Waals surface area contributed by atoms with Crippen LogP contribution in [-0.2, 0) is 0 Å². The average molecular weight is 238 g/mol. The monoisotopic (exact) mass is 238 g/mol. The first-order valence-corrected chi connectivity index (χ1v) is 7.16. The first-order chi connectivity index (χ1) is 7.41. The molecule has 0 N–H and O–H groups in total. The molecule has 0 atom stereocenters. The fourth-order valence-corrected chi connectivity index (χ4v) is 1.49. The summed E-state index contributed by atoms with van der Waals surface area (Å²) in [5, 5.41) is 4.17. The summed E-state index contributed by atoms with van der Waals surface area (Å²) in [5.74, 6) is 1.02. The molecule has 0 aliphatic carbocycles. The molecule has 0 nitrogen and oxygen atoms in total. The second-order valence-electron chi connectivity index (χ2n) is 2.56. The summed E-state index contributed by atoms with van der Waals surface area (Å²) in [6, 6.07) is 0. The topological polar surface area (TPSA) is 0 Å². The minimum absolute atomic E-state index is 1.02. The Balaban J connectivity index is 3.45. The quantitative estimate of drug-likeness (QED) is 0.461. The van der Waals surface area contributed by atoms with Gasteiger partial charge in [-0.25, -0.2) is 0 Å². The summed E-state index contributed by atoms with van der Waals surface area (Å²) in [6.45, 7) is 2.01. The molecule has 0 amide bonds. The van der Waals surface area contributed by atoms with Crippen LogP contribution in [0.25, 0.3) is 0 Å². The number of allylic oxidation sites excluding steroid dienone is 7. The Hall–Kier alpha value is -0.600. The van der Waals surface area contributed by atoms with Crippen LogP contribution in [0.4, 0.5) is 0 Å². The van der Waals surface area contributed by atoms with Gasteiger partial charge in [0.2, 0.25) is 0 Å². The van der Waals surface area contributed by atoms with E-state index in [0.29, 0.717) is 0 Å². The van der Waals surface area contributed by atoms with E-state index in [2.05, 4.69) is 35.3 Å². The van der Waals surface area contributed by atoms with E-state index >= 15 is 0 Å². The maximum Gasteiger partial charge on any atom is 0.0157 e. The molecular formula is C13H18S2. The molecule has 82 valence electrons. The number of hydrogen-bond donors (Lipinski definition) is 0. The van der Waals surface area contributed by atoms with Gasteiger partial charge in [0.15, 0.2) is 0 Å². The van der Waals surface area contributed by atoms with Crippen molar-refractivity contribution >= 4 is 23.5 Å². The van der Waals surface area contributed by atoms with Crippen LogP contribution in [0, 0.1) is 0 Å². The lowest BCUT2D eigenvalue weighted by Crippen LogP contribution is -1.63. The summed E-state index contributed by atoms with van der Waals surface area (Å²) >= 11 is 3.50. The minimum atomic E-state index is 1.02. The summed E-state index contributed by atoms with van der Waals surface area (Å²) in [5.41, 5.74) is 0. The lowest BCUT2D eigenvalue weighted by Gasteiger charge is -1.84. The molecule has 0 aromatic heterocycles. The van der Waals surface area contributed by atoms with Crippen molar-refractivity contribution in [2.24, 2.45) is 0 Å². The predicted molar refractivity (Wildman–Crippen MR) is 77.3 cm³/mol. The van der Waals surface area contributed by atoms with Crippen molar-refractivity contribution in [2.75, 3.05) is 12.0 Å². The van der Waals surface area contributed by atoms with E-state index < -0.39 is 0 Å². The third-order valence-corrected chi connectivity index (χ3v) is 2.52. The first kappa shape index (κ1) is 14.4. The highest BCUT2D eigenvalue weighted by molar-refractivity contribution is 8.02. The zero-order chi connectivity index (χ0) is 11.2. The average Bonchev–Trinajstić information content (AvgIpc) is 2.26. The lowest BCUT2D eigenvalue weighted by molar-refractivity contribution is 1.71. The van der Waals surface area contributed by atoms with Crippen LogP contribution < -0.4 is 0 Å². The number of hydrogen-bond acceptors (Lipinski definition) is 2. The Morgan fingerprint density at radius 1 is 0.867 bits per heavy atom. The molecule has 0 fully saturated rings. The minimum Gasteiger partial charge on any atom is -0.138 e. The van der Waals surface area contributed by atoms with Gasteiger partial charge in [-0.3, -0.25) is 0 Å². The maximum atomic E-state index is 2.15.